The Kier molecular flexibility index (Phi) is 12.5. The predicted octanol–water partition coefficient (Wildman–Crippen LogP) is 5.19. The molecule has 1 aromatic rings. The van der Waals surface area contributed by atoms with Gasteiger partial charge < -0.3 is 20.3 Å². The Morgan fingerprint density at radius 1 is 1.06 bits per heavy atom. The Labute approximate surface area is 217 Å². The van der Waals surface area contributed by atoms with E-state index >= 15 is 0 Å². The standard InChI is InChI=1S/C29H45N3O4/c1-10-12-19-30-26(33)25(24-17-15-23(11-2)16-18-24)32(21(5)14-13-20(3)4)27(34)22(6)31-28(35)36-29(7,8)9/h2,15-18,20-22,25H,10,12-14,19H2,1,3-9H3,(H,30,33)(H,31,35). The van der Waals surface area contributed by atoms with E-state index in [1.807, 2.05) is 6.92 Å². The maximum atomic E-state index is 13.8. The van der Waals surface area contributed by atoms with Crippen molar-refractivity contribution in [2.24, 2.45) is 5.92 Å². The highest BCUT2D eigenvalue weighted by Gasteiger charge is 2.37. The zero-order valence-corrected chi connectivity index (χ0v) is 23.3. The molecule has 3 atom stereocenters. The third-order valence-corrected chi connectivity index (χ3v) is 5.74. The summed E-state index contributed by atoms with van der Waals surface area (Å²) in [5, 5.41) is 5.63. The second kappa shape index (κ2) is 14.5. The van der Waals surface area contributed by atoms with Crippen molar-refractivity contribution in [2.75, 3.05) is 6.54 Å². The number of ether oxygens (including phenoxy) is 1. The van der Waals surface area contributed by atoms with Crippen LogP contribution in [-0.2, 0) is 14.3 Å². The molecular weight excluding hydrogens is 454 g/mol. The molecule has 3 amide bonds. The lowest BCUT2D eigenvalue weighted by molar-refractivity contribution is -0.144. The highest BCUT2D eigenvalue weighted by Crippen LogP contribution is 2.28. The summed E-state index contributed by atoms with van der Waals surface area (Å²) >= 11 is 0. The van der Waals surface area contributed by atoms with Gasteiger partial charge >= 0.3 is 6.09 Å². The number of nitrogens with one attached hydrogen (secondary N) is 2. The molecule has 0 bridgehead atoms. The van der Waals surface area contributed by atoms with Crippen molar-refractivity contribution in [1.29, 1.82) is 0 Å². The molecule has 0 saturated carbocycles. The van der Waals surface area contributed by atoms with Crippen LogP contribution >= 0.6 is 0 Å². The van der Waals surface area contributed by atoms with E-state index in [1.54, 1.807) is 56.9 Å². The molecule has 1 rings (SSSR count). The van der Waals surface area contributed by atoms with E-state index in [9.17, 15) is 14.4 Å². The largest absolute Gasteiger partial charge is 0.444 e. The number of nitrogens with zero attached hydrogens (tertiary/aromatic N) is 1. The SMILES string of the molecule is C#Cc1ccc(C(C(=O)NCCCC)N(C(=O)C(C)NC(=O)OC(C)(C)C)C(C)CCC(C)C)cc1. The Balaban J connectivity index is 3.42. The number of carbonyl (C=O) groups is 3. The summed E-state index contributed by atoms with van der Waals surface area (Å²) in [5.41, 5.74) is 0.657. The van der Waals surface area contributed by atoms with Crippen LogP contribution in [0.3, 0.4) is 0 Å². The van der Waals surface area contributed by atoms with Crippen LogP contribution in [0.25, 0.3) is 0 Å². The third-order valence-electron chi connectivity index (χ3n) is 5.74. The molecule has 3 unspecified atom stereocenters. The van der Waals surface area contributed by atoms with Gasteiger partial charge in [0.05, 0.1) is 0 Å². The van der Waals surface area contributed by atoms with Gasteiger partial charge in [0.2, 0.25) is 11.8 Å². The number of terminal acetylenes is 1. The summed E-state index contributed by atoms with van der Waals surface area (Å²) in [6, 6.07) is 5.11. The number of amides is 3. The Bertz CT molecular complexity index is 897. The molecule has 0 spiro atoms. The van der Waals surface area contributed by atoms with Crippen molar-refractivity contribution >= 4 is 17.9 Å². The molecule has 0 fully saturated rings. The lowest BCUT2D eigenvalue weighted by Crippen LogP contribution is -2.54. The van der Waals surface area contributed by atoms with Crippen LogP contribution in [-0.4, -0.2) is 47.0 Å². The average Bonchev–Trinajstić information content (AvgIpc) is 2.79. The van der Waals surface area contributed by atoms with E-state index in [0.717, 1.165) is 19.3 Å². The van der Waals surface area contributed by atoms with E-state index in [0.29, 0.717) is 30.0 Å². The third kappa shape index (κ3) is 10.3. The maximum absolute atomic E-state index is 13.8. The fourth-order valence-corrected chi connectivity index (χ4v) is 3.77. The number of benzene rings is 1. The van der Waals surface area contributed by atoms with Gasteiger partial charge in [0.25, 0.3) is 0 Å². The molecule has 0 heterocycles. The molecule has 0 saturated heterocycles. The van der Waals surface area contributed by atoms with Crippen molar-refractivity contribution in [3.05, 3.63) is 35.4 Å². The molecule has 36 heavy (non-hydrogen) atoms. The topological polar surface area (TPSA) is 87.7 Å². The zero-order chi connectivity index (χ0) is 27.5. The van der Waals surface area contributed by atoms with Crippen LogP contribution in [0, 0.1) is 18.3 Å². The van der Waals surface area contributed by atoms with Gasteiger partial charge in [0, 0.05) is 18.2 Å². The van der Waals surface area contributed by atoms with Gasteiger partial charge in [0.15, 0.2) is 0 Å². The fraction of sp³-hybridized carbons (Fsp3) is 0.621. The van der Waals surface area contributed by atoms with Crippen LogP contribution < -0.4 is 10.6 Å². The molecule has 1 aromatic carbocycles. The van der Waals surface area contributed by atoms with Gasteiger partial charge in [-0.1, -0.05) is 45.2 Å². The van der Waals surface area contributed by atoms with E-state index < -0.39 is 23.8 Å². The summed E-state index contributed by atoms with van der Waals surface area (Å²) in [6.07, 6.45) is 8.22. The molecule has 0 aliphatic carbocycles. The van der Waals surface area contributed by atoms with Crippen molar-refractivity contribution in [2.45, 2.75) is 105 Å². The zero-order valence-electron chi connectivity index (χ0n) is 23.3. The van der Waals surface area contributed by atoms with Crippen LogP contribution in [0.2, 0.25) is 0 Å². The minimum absolute atomic E-state index is 0.253. The summed E-state index contributed by atoms with van der Waals surface area (Å²) in [4.78, 5) is 41.4. The van der Waals surface area contributed by atoms with E-state index in [1.165, 1.54) is 0 Å². The number of alkyl carbamates (subject to hydrolysis) is 1. The van der Waals surface area contributed by atoms with E-state index in [2.05, 4.69) is 37.3 Å². The molecule has 0 aliphatic rings. The van der Waals surface area contributed by atoms with Crippen LogP contribution in [0.1, 0.15) is 98.2 Å². The smallest absolute Gasteiger partial charge is 0.408 e. The van der Waals surface area contributed by atoms with Crippen LogP contribution in [0.5, 0.6) is 0 Å². The van der Waals surface area contributed by atoms with Gasteiger partial charge in [-0.05, 0) is 77.5 Å². The van der Waals surface area contributed by atoms with E-state index in [4.69, 9.17) is 11.2 Å². The first-order valence-corrected chi connectivity index (χ1v) is 13.0. The quantitative estimate of drug-likeness (QED) is 0.306. The van der Waals surface area contributed by atoms with Gasteiger partial charge in [-0.2, -0.15) is 0 Å². The highest BCUT2D eigenvalue weighted by molar-refractivity contribution is 5.92. The number of hydrogen-bond acceptors (Lipinski definition) is 4. The fourth-order valence-electron chi connectivity index (χ4n) is 3.77. The molecule has 0 radical (unpaired) electrons. The average molecular weight is 500 g/mol. The Morgan fingerprint density at radius 3 is 2.17 bits per heavy atom. The van der Waals surface area contributed by atoms with Crippen LogP contribution in [0.15, 0.2) is 24.3 Å². The molecule has 2 N–H and O–H groups in total. The summed E-state index contributed by atoms with van der Waals surface area (Å²) in [5.74, 6) is 2.41. The highest BCUT2D eigenvalue weighted by atomic mass is 16.6. The Morgan fingerprint density at radius 2 is 1.67 bits per heavy atom. The van der Waals surface area contributed by atoms with E-state index in [-0.39, 0.29) is 17.9 Å². The first kappa shape index (κ1) is 31.0. The number of unbranched alkanes of at least 4 members (excludes halogenated alkanes) is 1. The Hall–Kier alpha value is -3.01. The molecular formula is C29H45N3O4. The molecule has 7 heteroatoms. The lowest BCUT2D eigenvalue weighted by Gasteiger charge is -2.38. The van der Waals surface area contributed by atoms with Crippen molar-refractivity contribution in [1.82, 2.24) is 15.5 Å². The second-order valence-corrected chi connectivity index (χ2v) is 10.7. The lowest BCUT2D eigenvalue weighted by atomic mass is 9.96. The predicted molar refractivity (Wildman–Crippen MR) is 144 cm³/mol. The minimum atomic E-state index is -0.891. The summed E-state index contributed by atoms with van der Waals surface area (Å²) < 4.78 is 5.34. The first-order valence-electron chi connectivity index (χ1n) is 13.0. The van der Waals surface area contributed by atoms with Gasteiger partial charge in [-0.3, -0.25) is 9.59 Å². The molecule has 0 aromatic heterocycles. The van der Waals surface area contributed by atoms with Crippen molar-refractivity contribution in [3.63, 3.8) is 0 Å². The molecule has 0 aliphatic heterocycles. The normalized spacial score (nSPS) is 13.8. The van der Waals surface area contributed by atoms with Crippen molar-refractivity contribution < 1.29 is 19.1 Å². The molecule has 200 valence electrons. The first-order chi connectivity index (χ1) is 16.8. The minimum Gasteiger partial charge on any atom is -0.444 e. The summed E-state index contributed by atoms with van der Waals surface area (Å²) in [6.45, 7) is 15.7. The monoisotopic (exact) mass is 499 g/mol. The van der Waals surface area contributed by atoms with Crippen molar-refractivity contribution in [3.8, 4) is 12.3 Å². The molecule has 7 nitrogen and oxygen atoms in total. The van der Waals surface area contributed by atoms with Gasteiger partial charge in [-0.15, -0.1) is 6.42 Å². The van der Waals surface area contributed by atoms with Crippen LogP contribution in [0.4, 0.5) is 4.79 Å². The second-order valence-electron chi connectivity index (χ2n) is 10.7. The van der Waals surface area contributed by atoms with Gasteiger partial charge in [0.1, 0.15) is 17.7 Å². The number of carbonyl (C=O) groups excluding carboxylic acids is 3. The summed E-state index contributed by atoms with van der Waals surface area (Å²) in [7, 11) is 0. The maximum Gasteiger partial charge on any atom is 0.408 e. The number of hydrogen-bond donors (Lipinski definition) is 2. The van der Waals surface area contributed by atoms with Gasteiger partial charge in [-0.25, -0.2) is 4.79 Å². The number of rotatable bonds is 12.